The zero-order chi connectivity index (χ0) is 9.23. The maximum Gasteiger partial charge on any atom is 0.128 e. The average Bonchev–Trinajstić information content (AvgIpc) is 2.10. The highest BCUT2D eigenvalue weighted by atomic mass is 35.5. The molecule has 0 fully saturated rings. The van der Waals surface area contributed by atoms with E-state index >= 15 is 0 Å². The summed E-state index contributed by atoms with van der Waals surface area (Å²) in [6.45, 7) is 2.18. The SMILES string of the molecule is CCCCCCC#C[C@H](O)CCl. The van der Waals surface area contributed by atoms with Gasteiger partial charge in [0.15, 0.2) is 0 Å². The fourth-order valence-electron chi connectivity index (χ4n) is 0.869. The predicted molar refractivity (Wildman–Crippen MR) is 53.3 cm³/mol. The lowest BCUT2D eigenvalue weighted by molar-refractivity contribution is 0.256. The largest absolute Gasteiger partial charge is 0.379 e. The van der Waals surface area contributed by atoms with Crippen molar-refractivity contribution in [1.82, 2.24) is 0 Å². The van der Waals surface area contributed by atoms with Crippen LogP contribution in [0.1, 0.15) is 39.0 Å². The number of hydrogen-bond donors (Lipinski definition) is 1. The summed E-state index contributed by atoms with van der Waals surface area (Å²) in [6.07, 6.45) is 5.14. The molecule has 0 heterocycles. The Balaban J connectivity index is 3.21. The first-order valence-electron chi connectivity index (χ1n) is 4.53. The molecule has 0 saturated carbocycles. The summed E-state index contributed by atoms with van der Waals surface area (Å²) in [6, 6.07) is 0. The van der Waals surface area contributed by atoms with E-state index in [1.54, 1.807) is 0 Å². The Kier molecular flexibility index (Phi) is 8.76. The van der Waals surface area contributed by atoms with E-state index in [0.29, 0.717) is 0 Å². The van der Waals surface area contributed by atoms with Crippen molar-refractivity contribution in [2.45, 2.75) is 45.1 Å². The van der Waals surface area contributed by atoms with Crippen LogP contribution >= 0.6 is 11.6 Å². The highest BCUT2D eigenvalue weighted by Crippen LogP contribution is 2.00. The smallest absolute Gasteiger partial charge is 0.128 e. The molecule has 1 atom stereocenters. The molecule has 1 N–H and O–H groups in total. The third-order valence-corrected chi connectivity index (χ3v) is 1.86. The molecule has 0 aromatic heterocycles. The number of rotatable bonds is 5. The average molecular weight is 189 g/mol. The Morgan fingerprint density at radius 3 is 2.67 bits per heavy atom. The molecule has 70 valence electrons. The molecule has 0 rings (SSSR count). The molecule has 0 aliphatic carbocycles. The minimum Gasteiger partial charge on any atom is -0.379 e. The number of hydrogen-bond acceptors (Lipinski definition) is 1. The first-order chi connectivity index (χ1) is 5.81. The molecule has 0 bridgehead atoms. The normalized spacial score (nSPS) is 11.9. The van der Waals surface area contributed by atoms with Gasteiger partial charge in [0.05, 0.1) is 5.88 Å². The zero-order valence-corrected chi connectivity index (χ0v) is 8.40. The van der Waals surface area contributed by atoms with Crippen LogP contribution in [0, 0.1) is 11.8 Å². The molecule has 0 aromatic carbocycles. The van der Waals surface area contributed by atoms with Gasteiger partial charge in [0, 0.05) is 6.42 Å². The molecule has 0 aromatic rings. The lowest BCUT2D eigenvalue weighted by atomic mass is 10.1. The maximum absolute atomic E-state index is 8.96. The molecular weight excluding hydrogens is 172 g/mol. The van der Waals surface area contributed by atoms with Crippen LogP contribution in [0.3, 0.4) is 0 Å². The van der Waals surface area contributed by atoms with Gasteiger partial charge >= 0.3 is 0 Å². The van der Waals surface area contributed by atoms with Gasteiger partial charge in [0.2, 0.25) is 0 Å². The van der Waals surface area contributed by atoms with Crippen LogP contribution in [0.25, 0.3) is 0 Å². The first-order valence-corrected chi connectivity index (χ1v) is 5.07. The van der Waals surface area contributed by atoms with Crippen LogP contribution in [0.5, 0.6) is 0 Å². The number of alkyl halides is 1. The van der Waals surface area contributed by atoms with Gasteiger partial charge in [-0.2, -0.15) is 0 Å². The Morgan fingerprint density at radius 1 is 1.33 bits per heavy atom. The van der Waals surface area contributed by atoms with Crippen molar-refractivity contribution in [3.05, 3.63) is 0 Å². The van der Waals surface area contributed by atoms with Crippen LogP contribution in [0.4, 0.5) is 0 Å². The second kappa shape index (κ2) is 8.90. The Labute approximate surface area is 80.1 Å². The van der Waals surface area contributed by atoms with Crippen molar-refractivity contribution in [1.29, 1.82) is 0 Å². The van der Waals surface area contributed by atoms with Crippen molar-refractivity contribution in [3.63, 3.8) is 0 Å². The summed E-state index contributed by atoms with van der Waals surface area (Å²) in [5.41, 5.74) is 0. The molecule has 12 heavy (non-hydrogen) atoms. The van der Waals surface area contributed by atoms with E-state index in [2.05, 4.69) is 18.8 Å². The third kappa shape index (κ3) is 7.91. The summed E-state index contributed by atoms with van der Waals surface area (Å²) >= 11 is 5.36. The van der Waals surface area contributed by atoms with Crippen molar-refractivity contribution >= 4 is 11.6 Å². The highest BCUT2D eigenvalue weighted by molar-refractivity contribution is 6.18. The fraction of sp³-hybridized carbons (Fsp3) is 0.800. The molecule has 2 heteroatoms. The maximum atomic E-state index is 8.96. The number of unbranched alkanes of at least 4 members (excludes halogenated alkanes) is 4. The monoisotopic (exact) mass is 188 g/mol. The molecule has 0 saturated heterocycles. The van der Waals surface area contributed by atoms with E-state index in [-0.39, 0.29) is 5.88 Å². The molecule has 0 spiro atoms. The zero-order valence-electron chi connectivity index (χ0n) is 7.65. The van der Waals surface area contributed by atoms with E-state index in [0.717, 1.165) is 12.8 Å². The summed E-state index contributed by atoms with van der Waals surface area (Å²) in [5.74, 6) is 5.80. The van der Waals surface area contributed by atoms with Gasteiger partial charge in [0.25, 0.3) is 0 Å². The molecule has 0 amide bonds. The van der Waals surface area contributed by atoms with Crippen LogP contribution in [-0.4, -0.2) is 17.1 Å². The summed E-state index contributed by atoms with van der Waals surface area (Å²) in [7, 11) is 0. The van der Waals surface area contributed by atoms with Crippen LogP contribution in [-0.2, 0) is 0 Å². The molecule has 1 nitrogen and oxygen atoms in total. The van der Waals surface area contributed by atoms with Gasteiger partial charge in [-0.25, -0.2) is 0 Å². The van der Waals surface area contributed by atoms with Crippen LogP contribution in [0.15, 0.2) is 0 Å². The van der Waals surface area contributed by atoms with Crippen molar-refractivity contribution in [3.8, 4) is 11.8 Å². The highest BCUT2D eigenvalue weighted by Gasteiger charge is 1.91. The van der Waals surface area contributed by atoms with E-state index in [9.17, 15) is 0 Å². The van der Waals surface area contributed by atoms with Crippen molar-refractivity contribution in [2.24, 2.45) is 0 Å². The second-order valence-corrected chi connectivity index (χ2v) is 3.11. The first kappa shape index (κ1) is 11.8. The van der Waals surface area contributed by atoms with Gasteiger partial charge < -0.3 is 5.11 Å². The van der Waals surface area contributed by atoms with E-state index < -0.39 is 6.10 Å². The van der Waals surface area contributed by atoms with Crippen molar-refractivity contribution < 1.29 is 5.11 Å². The molecular formula is C10H17ClO. The van der Waals surface area contributed by atoms with Crippen molar-refractivity contribution in [2.75, 3.05) is 5.88 Å². The lowest BCUT2D eigenvalue weighted by Gasteiger charge is -1.94. The number of aliphatic hydroxyl groups excluding tert-OH is 1. The van der Waals surface area contributed by atoms with Gasteiger partial charge in [0.1, 0.15) is 6.10 Å². The molecule has 0 unspecified atom stereocenters. The Morgan fingerprint density at radius 2 is 2.08 bits per heavy atom. The minimum absolute atomic E-state index is 0.210. The Bertz CT molecular complexity index is 146. The third-order valence-electron chi connectivity index (χ3n) is 1.57. The number of halogens is 1. The Hall–Kier alpha value is -0.190. The van der Waals surface area contributed by atoms with E-state index in [1.807, 2.05) is 0 Å². The molecule has 0 aliphatic heterocycles. The lowest BCUT2D eigenvalue weighted by Crippen LogP contribution is -2.03. The summed E-state index contributed by atoms with van der Waals surface area (Å²) < 4.78 is 0. The van der Waals surface area contributed by atoms with Gasteiger partial charge in [-0.15, -0.1) is 17.5 Å². The van der Waals surface area contributed by atoms with Crippen LogP contribution < -0.4 is 0 Å². The summed E-state index contributed by atoms with van der Waals surface area (Å²) in [4.78, 5) is 0. The second-order valence-electron chi connectivity index (χ2n) is 2.80. The van der Waals surface area contributed by atoms with E-state index in [1.165, 1.54) is 19.3 Å². The van der Waals surface area contributed by atoms with Gasteiger partial charge in [-0.05, 0) is 6.42 Å². The minimum atomic E-state index is -0.641. The van der Waals surface area contributed by atoms with E-state index in [4.69, 9.17) is 16.7 Å². The fourth-order valence-corrected chi connectivity index (χ4v) is 0.946. The topological polar surface area (TPSA) is 20.2 Å². The van der Waals surface area contributed by atoms with Crippen LogP contribution in [0.2, 0.25) is 0 Å². The summed E-state index contributed by atoms with van der Waals surface area (Å²) in [5, 5.41) is 8.96. The standard InChI is InChI=1S/C10H17ClO/c1-2-3-4-5-6-7-8-10(12)9-11/h10,12H,2-6,9H2,1H3/t10-/m0/s1. The molecule has 0 aliphatic rings. The van der Waals surface area contributed by atoms with Gasteiger partial charge in [-0.1, -0.05) is 32.1 Å². The predicted octanol–water partition coefficient (Wildman–Crippen LogP) is 2.56. The molecule has 0 radical (unpaired) electrons. The van der Waals surface area contributed by atoms with Gasteiger partial charge in [-0.3, -0.25) is 0 Å². The quantitative estimate of drug-likeness (QED) is 0.400. The number of aliphatic hydroxyl groups is 1.